The van der Waals surface area contributed by atoms with Crippen molar-refractivity contribution >= 4 is 29.7 Å². The minimum absolute atomic E-state index is 0.191. The van der Waals surface area contributed by atoms with Crippen molar-refractivity contribution in [1.82, 2.24) is 15.5 Å². The molecule has 2 aromatic rings. The summed E-state index contributed by atoms with van der Waals surface area (Å²) in [6.07, 6.45) is -1.67. The van der Waals surface area contributed by atoms with Crippen LogP contribution in [0.5, 0.6) is 0 Å². The zero-order valence-electron chi connectivity index (χ0n) is 16.1. The first kappa shape index (κ1) is 20.7. The fourth-order valence-corrected chi connectivity index (χ4v) is 2.98. The minimum Gasteiger partial charge on any atom is -0.447 e. The van der Waals surface area contributed by atoms with Gasteiger partial charge in [0, 0.05) is 19.2 Å². The maximum absolute atomic E-state index is 12.4. The summed E-state index contributed by atoms with van der Waals surface area (Å²) >= 11 is 0. The van der Waals surface area contributed by atoms with Crippen LogP contribution in [-0.2, 0) is 14.3 Å². The first-order valence-electron chi connectivity index (χ1n) is 9.14. The molecule has 1 aliphatic rings. The second-order valence-corrected chi connectivity index (χ2v) is 6.41. The zero-order chi connectivity index (χ0) is 21.7. The Morgan fingerprint density at radius 1 is 0.933 bits per heavy atom. The van der Waals surface area contributed by atoms with Crippen LogP contribution in [-0.4, -0.2) is 48.2 Å². The monoisotopic (exact) mass is 409 g/mol. The largest absolute Gasteiger partial charge is 0.447 e. The highest BCUT2D eigenvalue weighted by atomic mass is 16.5. The second-order valence-electron chi connectivity index (χ2n) is 6.41. The van der Waals surface area contributed by atoms with E-state index in [1.807, 2.05) is 0 Å². The summed E-state index contributed by atoms with van der Waals surface area (Å²) in [5, 5.41) is 4.32. The highest BCUT2D eigenvalue weighted by Crippen LogP contribution is 2.23. The van der Waals surface area contributed by atoms with Gasteiger partial charge in [0.05, 0.1) is 17.5 Å². The number of urea groups is 1. The molecule has 9 heteroatoms. The molecule has 1 aliphatic heterocycles. The number of benzene rings is 2. The van der Waals surface area contributed by atoms with E-state index >= 15 is 0 Å². The molecule has 2 aromatic carbocycles. The molecular formula is C21H19N3O6. The molecule has 0 aliphatic carbocycles. The van der Waals surface area contributed by atoms with E-state index in [-0.39, 0.29) is 24.1 Å². The highest BCUT2D eigenvalue weighted by Gasteiger charge is 2.35. The summed E-state index contributed by atoms with van der Waals surface area (Å²) in [5.74, 6) is -2.59. The predicted molar refractivity (Wildman–Crippen MR) is 104 cm³/mol. The number of amides is 5. The van der Waals surface area contributed by atoms with Gasteiger partial charge < -0.3 is 10.1 Å². The molecule has 1 atom stereocenters. The Morgan fingerprint density at radius 3 is 2.07 bits per heavy atom. The topological polar surface area (TPSA) is 122 Å². The molecule has 0 unspecified atom stereocenters. The maximum atomic E-state index is 12.4. The fourth-order valence-electron chi connectivity index (χ4n) is 2.98. The van der Waals surface area contributed by atoms with E-state index in [1.165, 1.54) is 7.05 Å². The van der Waals surface area contributed by atoms with Crippen molar-refractivity contribution in [3.05, 3.63) is 71.3 Å². The third kappa shape index (κ3) is 4.35. The van der Waals surface area contributed by atoms with Gasteiger partial charge in [-0.25, -0.2) is 4.79 Å². The number of hydrogen-bond donors (Lipinski definition) is 2. The molecule has 0 bridgehead atoms. The lowest BCUT2D eigenvalue weighted by atomic mass is 10.1. The van der Waals surface area contributed by atoms with Crippen LogP contribution < -0.4 is 10.6 Å². The van der Waals surface area contributed by atoms with Crippen molar-refractivity contribution in [2.75, 3.05) is 13.6 Å². The summed E-state index contributed by atoms with van der Waals surface area (Å²) < 4.78 is 5.27. The van der Waals surface area contributed by atoms with Crippen LogP contribution in [0.3, 0.4) is 0 Å². The van der Waals surface area contributed by atoms with Crippen LogP contribution in [0.1, 0.15) is 38.8 Å². The van der Waals surface area contributed by atoms with Crippen LogP contribution in [0.15, 0.2) is 54.6 Å². The Hall–Kier alpha value is -4.01. The van der Waals surface area contributed by atoms with Crippen molar-refractivity contribution < 1.29 is 28.7 Å². The number of esters is 1. The summed E-state index contributed by atoms with van der Waals surface area (Å²) in [6, 6.07) is 13.8. The number of carbonyl (C=O) groups is 5. The van der Waals surface area contributed by atoms with Crippen LogP contribution >= 0.6 is 0 Å². The summed E-state index contributed by atoms with van der Waals surface area (Å²) in [6.45, 7) is -0.191. The number of nitrogens with one attached hydrogen (secondary N) is 2. The van der Waals surface area contributed by atoms with Crippen LogP contribution in [0.4, 0.5) is 4.79 Å². The molecule has 1 heterocycles. The molecule has 30 heavy (non-hydrogen) atoms. The van der Waals surface area contributed by atoms with E-state index in [9.17, 15) is 24.0 Å². The van der Waals surface area contributed by atoms with Crippen LogP contribution in [0, 0.1) is 0 Å². The Balaban J connectivity index is 1.66. The van der Waals surface area contributed by atoms with Crippen LogP contribution in [0.25, 0.3) is 0 Å². The average Bonchev–Trinajstić information content (AvgIpc) is 3.01. The standard InChI is InChI=1S/C21H19N3O6/c1-22-21(29)23-18(26)17(13-7-3-2-4-8-13)30-16(25)11-12-24-19(27)14-9-5-6-10-15(14)20(24)28/h2-10,17H,11-12H2,1H3,(H2,22,23,26,29)/t17-/m0/s1. The number of ether oxygens (including phenoxy) is 1. The Morgan fingerprint density at radius 2 is 1.50 bits per heavy atom. The van der Waals surface area contributed by atoms with Gasteiger partial charge in [0.1, 0.15) is 0 Å². The molecule has 9 nitrogen and oxygen atoms in total. The third-order valence-electron chi connectivity index (χ3n) is 4.47. The minimum atomic E-state index is -1.36. The quantitative estimate of drug-likeness (QED) is 0.550. The van der Waals surface area contributed by atoms with Gasteiger partial charge >= 0.3 is 12.0 Å². The lowest BCUT2D eigenvalue weighted by Crippen LogP contribution is -2.41. The first-order valence-corrected chi connectivity index (χ1v) is 9.14. The van der Waals surface area contributed by atoms with Gasteiger partial charge in [0.25, 0.3) is 17.7 Å². The molecule has 0 aromatic heterocycles. The smallest absolute Gasteiger partial charge is 0.321 e. The van der Waals surface area contributed by atoms with Gasteiger partial charge in [0.15, 0.2) is 0 Å². The van der Waals surface area contributed by atoms with E-state index in [0.717, 1.165) is 4.90 Å². The van der Waals surface area contributed by atoms with Gasteiger partial charge in [-0.05, 0) is 12.1 Å². The lowest BCUT2D eigenvalue weighted by Gasteiger charge is -2.18. The SMILES string of the molecule is CNC(=O)NC(=O)[C@@H](OC(=O)CCN1C(=O)c2ccccc2C1=O)c1ccccc1. The van der Waals surface area contributed by atoms with Gasteiger partial charge in [-0.1, -0.05) is 42.5 Å². The Labute approximate surface area is 172 Å². The molecule has 0 saturated carbocycles. The Kier molecular flexibility index (Phi) is 6.21. The highest BCUT2D eigenvalue weighted by molar-refractivity contribution is 6.21. The lowest BCUT2D eigenvalue weighted by molar-refractivity contribution is -0.156. The molecule has 5 amide bonds. The number of fused-ring (bicyclic) bond motifs is 1. The number of hydrogen-bond acceptors (Lipinski definition) is 6. The molecule has 154 valence electrons. The van der Waals surface area contributed by atoms with Gasteiger partial charge in [0.2, 0.25) is 6.10 Å². The van der Waals surface area contributed by atoms with E-state index in [1.54, 1.807) is 54.6 Å². The van der Waals surface area contributed by atoms with E-state index in [4.69, 9.17) is 4.74 Å². The summed E-state index contributed by atoms with van der Waals surface area (Å²) in [4.78, 5) is 61.9. The van der Waals surface area contributed by atoms with Gasteiger partial charge in [-0.3, -0.25) is 29.4 Å². The maximum Gasteiger partial charge on any atom is 0.321 e. The summed E-state index contributed by atoms with van der Waals surface area (Å²) in [7, 11) is 1.34. The normalized spacial score (nSPS) is 13.4. The third-order valence-corrected chi connectivity index (χ3v) is 4.47. The van der Waals surface area contributed by atoms with Gasteiger partial charge in [-0.2, -0.15) is 0 Å². The molecule has 2 N–H and O–H groups in total. The van der Waals surface area contributed by atoms with Crippen molar-refractivity contribution in [3.8, 4) is 0 Å². The molecule has 0 radical (unpaired) electrons. The number of imide groups is 2. The van der Waals surface area contributed by atoms with Crippen molar-refractivity contribution in [2.45, 2.75) is 12.5 Å². The fraction of sp³-hybridized carbons (Fsp3) is 0.190. The van der Waals surface area contributed by atoms with E-state index in [0.29, 0.717) is 5.56 Å². The molecule has 3 rings (SSSR count). The average molecular weight is 409 g/mol. The predicted octanol–water partition coefficient (Wildman–Crippen LogP) is 1.41. The summed E-state index contributed by atoms with van der Waals surface area (Å²) in [5.41, 5.74) is 0.930. The molecule has 0 saturated heterocycles. The van der Waals surface area contributed by atoms with E-state index in [2.05, 4.69) is 10.6 Å². The Bertz CT molecular complexity index is 970. The van der Waals surface area contributed by atoms with E-state index < -0.39 is 35.8 Å². The zero-order valence-corrected chi connectivity index (χ0v) is 16.1. The van der Waals surface area contributed by atoms with Crippen molar-refractivity contribution in [3.63, 3.8) is 0 Å². The molecule has 0 fully saturated rings. The van der Waals surface area contributed by atoms with Crippen molar-refractivity contribution in [1.29, 1.82) is 0 Å². The first-order chi connectivity index (χ1) is 14.4. The number of rotatable bonds is 6. The van der Waals surface area contributed by atoms with Crippen molar-refractivity contribution in [2.24, 2.45) is 0 Å². The molecular weight excluding hydrogens is 390 g/mol. The van der Waals surface area contributed by atoms with Gasteiger partial charge in [-0.15, -0.1) is 0 Å². The molecule has 0 spiro atoms. The number of nitrogens with zero attached hydrogens (tertiary/aromatic N) is 1. The van der Waals surface area contributed by atoms with Crippen LogP contribution in [0.2, 0.25) is 0 Å². The second kappa shape index (κ2) is 8.99. The number of carbonyl (C=O) groups excluding carboxylic acids is 5.